The van der Waals surface area contributed by atoms with Gasteiger partial charge in [0, 0.05) is 19.5 Å². The van der Waals surface area contributed by atoms with Crippen molar-refractivity contribution in [2.24, 2.45) is 5.92 Å². The maximum absolute atomic E-state index is 11.8. The summed E-state index contributed by atoms with van der Waals surface area (Å²) >= 11 is 0. The molecule has 0 saturated carbocycles. The molecule has 4 heteroatoms. The standard InChI is InChI=1S/C13H17NO3/c1-9(2)13(15)14(3)7-10-4-5-11-12(6-10)17-8-16-11/h4-6,9H,7-8H2,1-3H3. The second-order valence-electron chi connectivity index (χ2n) is 4.54. The van der Waals surface area contributed by atoms with Gasteiger partial charge in [-0.05, 0) is 17.7 Å². The first-order valence-electron chi connectivity index (χ1n) is 5.71. The highest BCUT2D eigenvalue weighted by Crippen LogP contribution is 2.32. The van der Waals surface area contributed by atoms with Crippen molar-refractivity contribution in [3.63, 3.8) is 0 Å². The van der Waals surface area contributed by atoms with Gasteiger partial charge in [0.15, 0.2) is 11.5 Å². The van der Waals surface area contributed by atoms with Crippen molar-refractivity contribution in [3.8, 4) is 11.5 Å². The van der Waals surface area contributed by atoms with E-state index < -0.39 is 0 Å². The molecule has 0 aromatic heterocycles. The lowest BCUT2D eigenvalue weighted by Crippen LogP contribution is -2.29. The third-order valence-electron chi connectivity index (χ3n) is 2.73. The molecule has 1 aliphatic heterocycles. The summed E-state index contributed by atoms with van der Waals surface area (Å²) < 4.78 is 10.5. The van der Waals surface area contributed by atoms with E-state index in [0.717, 1.165) is 17.1 Å². The van der Waals surface area contributed by atoms with Crippen LogP contribution in [0.1, 0.15) is 19.4 Å². The number of fused-ring (bicyclic) bond motifs is 1. The molecule has 0 spiro atoms. The summed E-state index contributed by atoms with van der Waals surface area (Å²) in [5, 5.41) is 0. The van der Waals surface area contributed by atoms with E-state index in [1.165, 1.54) is 0 Å². The van der Waals surface area contributed by atoms with Crippen molar-refractivity contribution in [2.75, 3.05) is 13.8 Å². The first kappa shape index (κ1) is 11.8. The van der Waals surface area contributed by atoms with Gasteiger partial charge in [0.2, 0.25) is 12.7 Å². The molecule has 17 heavy (non-hydrogen) atoms. The summed E-state index contributed by atoms with van der Waals surface area (Å²) in [6, 6.07) is 5.76. The minimum atomic E-state index is 0.0222. The van der Waals surface area contributed by atoms with Crippen molar-refractivity contribution in [1.82, 2.24) is 4.90 Å². The quantitative estimate of drug-likeness (QED) is 0.804. The molecular formula is C13H17NO3. The van der Waals surface area contributed by atoms with Crippen LogP contribution in [0.4, 0.5) is 0 Å². The maximum Gasteiger partial charge on any atom is 0.231 e. The molecule has 2 rings (SSSR count). The Labute approximate surface area is 101 Å². The fourth-order valence-corrected chi connectivity index (χ4v) is 1.83. The Morgan fingerprint density at radius 2 is 2.06 bits per heavy atom. The van der Waals surface area contributed by atoms with E-state index in [9.17, 15) is 4.79 Å². The lowest BCUT2D eigenvalue weighted by Gasteiger charge is -2.19. The molecule has 1 aromatic carbocycles. The molecule has 4 nitrogen and oxygen atoms in total. The van der Waals surface area contributed by atoms with E-state index in [4.69, 9.17) is 9.47 Å². The Bertz CT molecular complexity index is 429. The molecule has 1 amide bonds. The fourth-order valence-electron chi connectivity index (χ4n) is 1.83. The number of benzene rings is 1. The van der Waals surface area contributed by atoms with Gasteiger partial charge in [-0.3, -0.25) is 4.79 Å². The van der Waals surface area contributed by atoms with Crippen LogP contribution in [0.15, 0.2) is 18.2 Å². The van der Waals surface area contributed by atoms with Crippen LogP contribution in [0.25, 0.3) is 0 Å². The highest BCUT2D eigenvalue weighted by Gasteiger charge is 2.16. The highest BCUT2D eigenvalue weighted by molar-refractivity contribution is 5.77. The Kier molecular flexibility index (Phi) is 3.22. The van der Waals surface area contributed by atoms with Gasteiger partial charge >= 0.3 is 0 Å². The summed E-state index contributed by atoms with van der Waals surface area (Å²) in [5.74, 6) is 1.69. The van der Waals surface area contributed by atoms with Gasteiger partial charge in [0.25, 0.3) is 0 Å². The minimum absolute atomic E-state index is 0.0222. The summed E-state index contributed by atoms with van der Waals surface area (Å²) in [6.07, 6.45) is 0. The van der Waals surface area contributed by atoms with Crippen LogP contribution in [-0.2, 0) is 11.3 Å². The van der Waals surface area contributed by atoms with Gasteiger partial charge in [-0.2, -0.15) is 0 Å². The molecule has 1 aromatic rings. The zero-order valence-electron chi connectivity index (χ0n) is 10.4. The third-order valence-corrected chi connectivity index (χ3v) is 2.73. The predicted octanol–water partition coefficient (Wildman–Crippen LogP) is 2.03. The number of amides is 1. The number of nitrogens with zero attached hydrogens (tertiary/aromatic N) is 1. The second kappa shape index (κ2) is 4.65. The first-order chi connectivity index (χ1) is 8.08. The predicted molar refractivity (Wildman–Crippen MR) is 63.9 cm³/mol. The third kappa shape index (κ3) is 2.52. The number of carbonyl (C=O) groups excluding carboxylic acids is 1. The van der Waals surface area contributed by atoms with Gasteiger partial charge in [0.1, 0.15) is 0 Å². The van der Waals surface area contributed by atoms with Crippen molar-refractivity contribution < 1.29 is 14.3 Å². The molecule has 92 valence electrons. The number of ether oxygens (including phenoxy) is 2. The molecule has 0 fully saturated rings. The molecule has 0 aliphatic carbocycles. The topological polar surface area (TPSA) is 38.8 Å². The van der Waals surface area contributed by atoms with Crippen LogP contribution in [0, 0.1) is 5.92 Å². The van der Waals surface area contributed by atoms with Crippen molar-refractivity contribution in [1.29, 1.82) is 0 Å². The lowest BCUT2D eigenvalue weighted by atomic mass is 10.1. The normalized spacial score (nSPS) is 12.9. The van der Waals surface area contributed by atoms with Crippen molar-refractivity contribution >= 4 is 5.91 Å². The average Bonchev–Trinajstić information content (AvgIpc) is 2.74. The van der Waals surface area contributed by atoms with E-state index in [2.05, 4.69) is 0 Å². The van der Waals surface area contributed by atoms with Gasteiger partial charge in [-0.15, -0.1) is 0 Å². The van der Waals surface area contributed by atoms with E-state index in [1.807, 2.05) is 39.1 Å². The lowest BCUT2D eigenvalue weighted by molar-refractivity contribution is -0.133. The van der Waals surface area contributed by atoms with Gasteiger partial charge in [-0.25, -0.2) is 0 Å². The van der Waals surface area contributed by atoms with Gasteiger partial charge in [-0.1, -0.05) is 19.9 Å². The van der Waals surface area contributed by atoms with Crippen LogP contribution in [0.2, 0.25) is 0 Å². The summed E-state index contributed by atoms with van der Waals surface area (Å²) in [5.41, 5.74) is 1.05. The van der Waals surface area contributed by atoms with Crippen LogP contribution in [0.5, 0.6) is 11.5 Å². The summed E-state index contributed by atoms with van der Waals surface area (Å²) in [4.78, 5) is 13.5. The average molecular weight is 235 g/mol. The largest absolute Gasteiger partial charge is 0.454 e. The number of carbonyl (C=O) groups is 1. The zero-order chi connectivity index (χ0) is 12.4. The smallest absolute Gasteiger partial charge is 0.231 e. The minimum Gasteiger partial charge on any atom is -0.454 e. The van der Waals surface area contributed by atoms with Crippen LogP contribution < -0.4 is 9.47 Å². The van der Waals surface area contributed by atoms with Crippen LogP contribution >= 0.6 is 0 Å². The maximum atomic E-state index is 11.8. The highest BCUT2D eigenvalue weighted by atomic mass is 16.7. The van der Waals surface area contributed by atoms with E-state index >= 15 is 0 Å². The van der Waals surface area contributed by atoms with Crippen molar-refractivity contribution in [3.05, 3.63) is 23.8 Å². The summed E-state index contributed by atoms with van der Waals surface area (Å²) in [6.45, 7) is 4.67. The first-order valence-corrected chi connectivity index (χ1v) is 5.71. The Morgan fingerprint density at radius 1 is 1.35 bits per heavy atom. The molecule has 1 heterocycles. The molecule has 0 saturated heterocycles. The monoisotopic (exact) mass is 235 g/mol. The van der Waals surface area contributed by atoms with Crippen molar-refractivity contribution in [2.45, 2.75) is 20.4 Å². The Morgan fingerprint density at radius 3 is 2.76 bits per heavy atom. The molecular weight excluding hydrogens is 218 g/mol. The fraction of sp³-hybridized carbons (Fsp3) is 0.462. The zero-order valence-corrected chi connectivity index (χ0v) is 10.4. The Balaban J connectivity index is 2.06. The van der Waals surface area contributed by atoms with E-state index in [-0.39, 0.29) is 18.6 Å². The van der Waals surface area contributed by atoms with Crippen LogP contribution in [-0.4, -0.2) is 24.6 Å². The SMILES string of the molecule is CC(C)C(=O)N(C)Cc1ccc2c(c1)OCO2. The summed E-state index contributed by atoms with van der Waals surface area (Å²) in [7, 11) is 1.81. The van der Waals surface area contributed by atoms with Crippen LogP contribution in [0.3, 0.4) is 0 Å². The molecule has 0 atom stereocenters. The van der Waals surface area contributed by atoms with E-state index in [1.54, 1.807) is 4.90 Å². The van der Waals surface area contributed by atoms with Gasteiger partial charge < -0.3 is 14.4 Å². The van der Waals surface area contributed by atoms with Gasteiger partial charge in [0.05, 0.1) is 0 Å². The number of hydrogen-bond donors (Lipinski definition) is 0. The number of hydrogen-bond acceptors (Lipinski definition) is 3. The molecule has 0 unspecified atom stereocenters. The Hall–Kier alpha value is -1.71. The van der Waals surface area contributed by atoms with E-state index in [0.29, 0.717) is 6.54 Å². The molecule has 0 N–H and O–H groups in total. The molecule has 0 radical (unpaired) electrons. The molecule has 0 bridgehead atoms. The molecule has 1 aliphatic rings. The number of rotatable bonds is 3. The second-order valence-corrected chi connectivity index (χ2v) is 4.54.